The van der Waals surface area contributed by atoms with E-state index in [-0.39, 0.29) is 11.9 Å². The zero-order chi connectivity index (χ0) is 42.0. The van der Waals surface area contributed by atoms with Gasteiger partial charge in [0, 0.05) is 19.0 Å². The average molecular weight is 817 g/mol. The summed E-state index contributed by atoms with van der Waals surface area (Å²) in [4.78, 5) is 30.3. The molecule has 58 heavy (non-hydrogen) atoms. The van der Waals surface area contributed by atoms with Crippen LogP contribution in [-0.2, 0) is 14.3 Å². The molecule has 5 nitrogen and oxygen atoms in total. The molecule has 0 saturated carbocycles. The number of nitrogens with one attached hydrogen (secondary N) is 1. The van der Waals surface area contributed by atoms with Crippen LogP contribution in [0.25, 0.3) is 0 Å². The van der Waals surface area contributed by atoms with Crippen LogP contribution in [0.4, 0.5) is 0 Å². The Balaban J connectivity index is 2.57. The molecule has 0 bridgehead atoms. The Labute approximate surface area is 363 Å². The summed E-state index contributed by atoms with van der Waals surface area (Å²) in [6.45, 7) is 11.8. The highest BCUT2D eigenvalue weighted by molar-refractivity contribution is 5.87. The lowest BCUT2D eigenvalue weighted by atomic mass is 9.88. The quantitative estimate of drug-likeness (QED) is 0.0491. The van der Waals surface area contributed by atoms with E-state index in [1.807, 2.05) is 0 Å². The Morgan fingerprint density at radius 1 is 0.500 bits per heavy atom. The van der Waals surface area contributed by atoms with Crippen molar-refractivity contribution in [2.24, 2.45) is 0 Å². The molecule has 1 saturated heterocycles. The van der Waals surface area contributed by atoms with Crippen LogP contribution in [0, 0.1) is 0 Å². The molecule has 1 fully saturated rings. The van der Waals surface area contributed by atoms with Gasteiger partial charge in [-0.3, -0.25) is 9.59 Å². The van der Waals surface area contributed by atoms with E-state index in [0.29, 0.717) is 31.8 Å². The van der Waals surface area contributed by atoms with Gasteiger partial charge in [0.25, 0.3) is 5.91 Å². The van der Waals surface area contributed by atoms with Gasteiger partial charge in [-0.25, -0.2) is 0 Å². The maximum absolute atomic E-state index is 14.1. The number of nitrogens with zero attached hydrogens (tertiary/aromatic N) is 1. The fourth-order valence-electron chi connectivity index (χ4n) is 9.47. The van der Waals surface area contributed by atoms with Crippen molar-refractivity contribution in [1.82, 2.24) is 10.2 Å². The van der Waals surface area contributed by atoms with E-state index in [1.165, 1.54) is 205 Å². The third kappa shape index (κ3) is 30.9. The summed E-state index contributed by atoms with van der Waals surface area (Å²) in [6, 6.07) is 0.651. The summed E-state index contributed by atoms with van der Waals surface area (Å²) in [5, 5.41) is 3.24. The lowest BCUT2D eigenvalue weighted by Gasteiger charge is -2.35. The number of hydrogen-bond donors (Lipinski definition) is 1. The SMILES string of the molecule is CCCCCCCCCCCCCCCCCCC(CCCCCCCCCCCCCCCCCC)(OC(=O)CCCN1CCCCC1CC)C(=O)NCCCC. The van der Waals surface area contributed by atoms with E-state index in [9.17, 15) is 9.59 Å². The Bertz CT molecular complexity index is 857. The lowest BCUT2D eigenvalue weighted by Crippen LogP contribution is -2.50. The number of hydrogen-bond acceptors (Lipinski definition) is 4. The summed E-state index contributed by atoms with van der Waals surface area (Å²) in [5.74, 6) is -0.193. The topological polar surface area (TPSA) is 58.6 Å². The van der Waals surface area contributed by atoms with Crippen molar-refractivity contribution in [3.8, 4) is 0 Å². The first kappa shape index (κ1) is 54.9. The van der Waals surface area contributed by atoms with Gasteiger partial charge in [-0.15, -0.1) is 0 Å². The van der Waals surface area contributed by atoms with E-state index < -0.39 is 5.60 Å². The molecule has 1 aliphatic heterocycles. The Hall–Kier alpha value is -1.10. The molecule has 1 unspecified atom stereocenters. The molecule has 0 radical (unpaired) electrons. The van der Waals surface area contributed by atoms with Gasteiger partial charge in [0.05, 0.1) is 0 Å². The standard InChI is InChI=1S/C53H104N2O3/c1-5-9-12-14-16-18-20-22-24-26-28-30-32-34-36-39-45-53(52(57)54-47-11-7-3,58-51(56)44-42-49-55-48-41-38-43-50(55)8-4)46-40-37-35-33-31-29-27-25-23-21-19-17-15-13-10-6-2/h50H,5-49H2,1-4H3,(H,54,57). The van der Waals surface area contributed by atoms with Crippen LogP contribution in [0.2, 0.25) is 0 Å². The molecule has 0 aromatic heterocycles. The molecule has 0 spiro atoms. The monoisotopic (exact) mass is 817 g/mol. The molecule has 1 rings (SSSR count). The summed E-state index contributed by atoms with van der Waals surface area (Å²) in [5.41, 5.74) is -1.02. The number of ether oxygens (including phenoxy) is 1. The van der Waals surface area contributed by atoms with E-state index in [1.54, 1.807) is 0 Å². The molecule has 1 amide bonds. The van der Waals surface area contributed by atoms with Crippen molar-refractivity contribution < 1.29 is 14.3 Å². The molecule has 1 heterocycles. The highest BCUT2D eigenvalue weighted by atomic mass is 16.6. The number of piperidine rings is 1. The molecule has 5 heteroatoms. The molecular weight excluding hydrogens is 713 g/mol. The van der Waals surface area contributed by atoms with Gasteiger partial charge in [0.1, 0.15) is 0 Å². The molecule has 1 aliphatic rings. The second-order valence-electron chi connectivity index (χ2n) is 18.9. The minimum absolute atomic E-state index is 0.0294. The first-order chi connectivity index (χ1) is 28.5. The smallest absolute Gasteiger partial charge is 0.306 e. The van der Waals surface area contributed by atoms with Crippen molar-refractivity contribution >= 4 is 11.9 Å². The summed E-state index contributed by atoms with van der Waals surface area (Å²) >= 11 is 0. The van der Waals surface area contributed by atoms with Crippen molar-refractivity contribution in [3.63, 3.8) is 0 Å². The zero-order valence-electron chi connectivity index (χ0n) is 40.1. The van der Waals surface area contributed by atoms with Gasteiger partial charge in [-0.05, 0) is 70.9 Å². The van der Waals surface area contributed by atoms with E-state index in [4.69, 9.17) is 4.74 Å². The molecule has 0 aliphatic carbocycles. The molecule has 1 atom stereocenters. The highest BCUT2D eigenvalue weighted by Crippen LogP contribution is 2.30. The summed E-state index contributed by atoms with van der Waals surface area (Å²) < 4.78 is 6.45. The Morgan fingerprint density at radius 3 is 1.26 bits per heavy atom. The highest BCUT2D eigenvalue weighted by Gasteiger charge is 2.41. The Kier molecular flexibility index (Phi) is 39.1. The number of amides is 1. The first-order valence-corrected chi connectivity index (χ1v) is 26.8. The van der Waals surface area contributed by atoms with Crippen molar-refractivity contribution in [3.05, 3.63) is 0 Å². The fraction of sp³-hybridized carbons (Fsp3) is 0.962. The number of unbranched alkanes of at least 4 members (excludes halogenated alkanes) is 31. The largest absolute Gasteiger partial charge is 0.449 e. The maximum atomic E-state index is 14.1. The predicted octanol–water partition coefficient (Wildman–Crippen LogP) is 16.5. The third-order valence-corrected chi connectivity index (χ3v) is 13.5. The summed E-state index contributed by atoms with van der Waals surface area (Å²) in [7, 11) is 0. The van der Waals surface area contributed by atoms with Crippen LogP contribution in [-0.4, -0.2) is 48.1 Å². The molecule has 1 N–H and O–H groups in total. The van der Waals surface area contributed by atoms with E-state index >= 15 is 0 Å². The molecule has 0 aromatic rings. The molecular formula is C53H104N2O3. The van der Waals surface area contributed by atoms with Crippen LogP contribution in [0.15, 0.2) is 0 Å². The van der Waals surface area contributed by atoms with Crippen molar-refractivity contribution in [2.75, 3.05) is 19.6 Å². The number of carbonyl (C=O) groups is 2. The van der Waals surface area contributed by atoms with E-state index in [0.717, 1.165) is 58.0 Å². The van der Waals surface area contributed by atoms with Crippen molar-refractivity contribution in [1.29, 1.82) is 0 Å². The molecule has 344 valence electrons. The van der Waals surface area contributed by atoms with Crippen LogP contribution in [0.1, 0.15) is 297 Å². The first-order valence-electron chi connectivity index (χ1n) is 26.8. The predicted molar refractivity (Wildman–Crippen MR) is 254 cm³/mol. The second-order valence-corrected chi connectivity index (χ2v) is 18.9. The molecule has 0 aromatic carbocycles. The van der Waals surface area contributed by atoms with Gasteiger partial charge in [-0.2, -0.15) is 0 Å². The normalized spacial score (nSPS) is 14.9. The third-order valence-electron chi connectivity index (χ3n) is 13.5. The van der Waals surface area contributed by atoms with Crippen LogP contribution in [0.5, 0.6) is 0 Å². The lowest BCUT2D eigenvalue weighted by molar-refractivity contribution is -0.171. The van der Waals surface area contributed by atoms with Gasteiger partial charge >= 0.3 is 5.97 Å². The van der Waals surface area contributed by atoms with Crippen LogP contribution >= 0.6 is 0 Å². The Morgan fingerprint density at radius 2 is 0.879 bits per heavy atom. The minimum atomic E-state index is -1.02. The number of carbonyl (C=O) groups excluding carboxylic acids is 2. The van der Waals surface area contributed by atoms with Gasteiger partial charge in [0.2, 0.25) is 0 Å². The zero-order valence-corrected chi connectivity index (χ0v) is 40.1. The van der Waals surface area contributed by atoms with Gasteiger partial charge in [0.15, 0.2) is 5.60 Å². The maximum Gasteiger partial charge on any atom is 0.306 e. The number of likely N-dealkylation sites (tertiary alicyclic amines) is 1. The second kappa shape index (κ2) is 41.3. The van der Waals surface area contributed by atoms with Crippen LogP contribution < -0.4 is 5.32 Å². The van der Waals surface area contributed by atoms with Gasteiger partial charge < -0.3 is 15.0 Å². The van der Waals surface area contributed by atoms with E-state index in [2.05, 4.69) is 37.9 Å². The fourth-order valence-corrected chi connectivity index (χ4v) is 9.47. The number of rotatable bonds is 44. The summed E-state index contributed by atoms with van der Waals surface area (Å²) in [6.07, 6.45) is 52.2. The van der Waals surface area contributed by atoms with Crippen LogP contribution in [0.3, 0.4) is 0 Å². The average Bonchev–Trinajstić information content (AvgIpc) is 3.23. The minimum Gasteiger partial charge on any atom is -0.449 e. The van der Waals surface area contributed by atoms with Gasteiger partial charge in [-0.1, -0.05) is 233 Å². The number of esters is 1. The van der Waals surface area contributed by atoms with Crippen molar-refractivity contribution in [2.45, 2.75) is 309 Å².